The van der Waals surface area contributed by atoms with Crippen LogP contribution < -0.4 is 0 Å². The molecule has 1 aromatic carbocycles. The van der Waals surface area contributed by atoms with Crippen molar-refractivity contribution in [3.63, 3.8) is 0 Å². The number of carbonyl (C=O) groups is 1. The van der Waals surface area contributed by atoms with E-state index < -0.39 is 0 Å². The van der Waals surface area contributed by atoms with Gasteiger partial charge in [0.15, 0.2) is 0 Å². The summed E-state index contributed by atoms with van der Waals surface area (Å²) in [6.07, 6.45) is 15.8. The molecule has 2 saturated carbocycles. The molecule has 0 amide bonds. The second kappa shape index (κ2) is 12.1. The molecule has 1 heterocycles. The van der Waals surface area contributed by atoms with E-state index in [4.69, 9.17) is 14.5 Å². The highest BCUT2D eigenvalue weighted by Gasteiger charge is 2.50. The number of rotatable bonds is 7. The number of ether oxygens (including phenoxy) is 1. The van der Waals surface area contributed by atoms with Gasteiger partial charge in [0.2, 0.25) is 0 Å². The highest BCUT2D eigenvalue weighted by Crippen LogP contribution is 2.59. The molecule has 3 aliphatic carbocycles. The molecule has 0 N–H and O–H groups in total. The van der Waals surface area contributed by atoms with Crippen LogP contribution in [0.15, 0.2) is 65.3 Å². The van der Waals surface area contributed by atoms with Gasteiger partial charge in [-0.25, -0.2) is 14.6 Å². The Morgan fingerprint density at radius 3 is 2.62 bits per heavy atom. The van der Waals surface area contributed by atoms with Crippen LogP contribution in [-0.2, 0) is 14.5 Å². The Balaban J connectivity index is 1.30. The Kier molecular flexibility index (Phi) is 8.83. The van der Waals surface area contributed by atoms with Gasteiger partial charge in [0.1, 0.15) is 18.8 Å². The summed E-state index contributed by atoms with van der Waals surface area (Å²) in [5.74, 6) is 3.00. The van der Waals surface area contributed by atoms with Crippen molar-refractivity contribution in [2.24, 2.45) is 35.0 Å². The first kappa shape index (κ1) is 28.4. The van der Waals surface area contributed by atoms with Gasteiger partial charge in [-0.3, -0.25) is 0 Å². The molecule has 39 heavy (non-hydrogen) atoms. The van der Waals surface area contributed by atoms with Crippen LogP contribution in [0.5, 0.6) is 0 Å². The Hall–Kier alpha value is -2.17. The highest BCUT2D eigenvalue weighted by molar-refractivity contribution is 5.89. The molecule has 4 nitrogen and oxygen atoms in total. The predicted octanol–water partition coefficient (Wildman–Crippen LogP) is 8.65. The van der Waals surface area contributed by atoms with E-state index in [0.717, 1.165) is 31.6 Å². The van der Waals surface area contributed by atoms with Crippen molar-refractivity contribution in [3.05, 3.63) is 70.8 Å². The normalized spacial score (nSPS) is 33.7. The topological polar surface area (TPSA) is 44.8 Å². The van der Waals surface area contributed by atoms with Crippen molar-refractivity contribution < 1.29 is 19.3 Å². The lowest BCUT2D eigenvalue weighted by molar-refractivity contribution is -0.310. The molecule has 0 unspecified atom stereocenters. The van der Waals surface area contributed by atoms with Gasteiger partial charge in [-0.2, -0.15) is 0 Å². The first-order chi connectivity index (χ1) is 18.8. The van der Waals surface area contributed by atoms with Crippen molar-refractivity contribution in [3.8, 4) is 0 Å². The molecule has 212 valence electrons. The summed E-state index contributed by atoms with van der Waals surface area (Å²) in [4.78, 5) is 24.3. The van der Waals surface area contributed by atoms with Gasteiger partial charge in [0.25, 0.3) is 0 Å². The maximum absolute atomic E-state index is 12.7. The monoisotopic (exact) mass is 532 g/mol. The molecular weight excluding hydrogens is 484 g/mol. The van der Waals surface area contributed by atoms with Gasteiger partial charge in [-0.05, 0) is 109 Å². The molecule has 1 aromatic rings. The molecular formula is C35H48O4. The minimum Gasteiger partial charge on any atom is -0.458 e. The summed E-state index contributed by atoms with van der Waals surface area (Å²) in [5.41, 5.74) is 5.10. The van der Waals surface area contributed by atoms with Crippen LogP contribution in [0.2, 0.25) is 0 Å². The van der Waals surface area contributed by atoms with E-state index in [0.29, 0.717) is 41.3 Å². The van der Waals surface area contributed by atoms with E-state index >= 15 is 0 Å². The second-order valence-corrected chi connectivity index (χ2v) is 13.2. The Morgan fingerprint density at radius 2 is 1.85 bits per heavy atom. The van der Waals surface area contributed by atoms with Crippen LogP contribution in [0.4, 0.5) is 0 Å². The van der Waals surface area contributed by atoms with Crippen molar-refractivity contribution in [1.82, 2.24) is 0 Å². The number of allylic oxidation sites excluding steroid dienone is 3. The van der Waals surface area contributed by atoms with Crippen LogP contribution in [-0.4, -0.2) is 24.8 Å². The van der Waals surface area contributed by atoms with Crippen molar-refractivity contribution in [1.29, 1.82) is 0 Å². The van der Waals surface area contributed by atoms with Crippen LogP contribution in [0.25, 0.3) is 0 Å². The summed E-state index contributed by atoms with van der Waals surface area (Å²) in [7, 11) is 0. The van der Waals surface area contributed by atoms with Crippen LogP contribution in [0.3, 0.4) is 0 Å². The van der Waals surface area contributed by atoms with Crippen molar-refractivity contribution in [2.75, 3.05) is 6.61 Å². The molecule has 0 saturated heterocycles. The summed E-state index contributed by atoms with van der Waals surface area (Å²) < 4.78 is 5.95. The molecule has 0 bridgehead atoms. The zero-order valence-electron chi connectivity index (χ0n) is 24.7. The fraction of sp³-hybridized carbons (Fsp3) is 0.629. The Labute approximate surface area is 235 Å². The van der Waals surface area contributed by atoms with Crippen molar-refractivity contribution >= 4 is 5.97 Å². The third-order valence-corrected chi connectivity index (χ3v) is 10.5. The highest BCUT2D eigenvalue weighted by atomic mass is 17.2. The zero-order valence-corrected chi connectivity index (χ0v) is 24.7. The largest absolute Gasteiger partial charge is 0.458 e. The molecule has 0 aromatic heterocycles. The third kappa shape index (κ3) is 6.12. The number of hydrogen-bond acceptors (Lipinski definition) is 4. The van der Waals surface area contributed by atoms with Crippen molar-refractivity contribution in [2.45, 2.75) is 98.2 Å². The molecule has 4 aliphatic rings. The van der Waals surface area contributed by atoms with E-state index in [9.17, 15) is 4.79 Å². The maximum Gasteiger partial charge on any atom is 0.338 e. The minimum atomic E-state index is -0.237. The first-order valence-corrected chi connectivity index (χ1v) is 15.4. The average Bonchev–Trinajstić information content (AvgIpc) is 3.30. The lowest BCUT2D eigenvalue weighted by atomic mass is 9.61. The smallest absolute Gasteiger partial charge is 0.338 e. The molecule has 0 radical (unpaired) electrons. The molecule has 2 fully saturated rings. The number of hydrogen-bond donors (Lipinski definition) is 0. The average molecular weight is 533 g/mol. The first-order valence-electron chi connectivity index (χ1n) is 15.4. The fourth-order valence-corrected chi connectivity index (χ4v) is 7.77. The standard InChI is InChI=1S/C35H48O4/c1-23(2)24(3)13-14-25(4)31-17-18-32-27(12-9-19-35(31,32)5)20-33-30-21-29(16-15-28(30)22-37-39-33)38-34(36)26-10-7-6-8-11-26/h6-8,10-11,13-14,20,23-25,29,31-33H,9,12,15-19,21-22H2,1-5H3/b14-13+,27-20+/t24-,25+,29-,31+,32-,33+,35+/m0/s1. The lowest BCUT2D eigenvalue weighted by Gasteiger charge is -2.44. The second-order valence-electron chi connectivity index (χ2n) is 13.2. The number of fused-ring (bicyclic) bond motifs is 1. The summed E-state index contributed by atoms with van der Waals surface area (Å²) in [5, 5.41) is 0. The quantitative estimate of drug-likeness (QED) is 0.200. The van der Waals surface area contributed by atoms with Crippen LogP contribution in [0, 0.1) is 35.0 Å². The van der Waals surface area contributed by atoms with Gasteiger partial charge in [-0.1, -0.05) is 70.5 Å². The van der Waals surface area contributed by atoms with Crippen LogP contribution >= 0.6 is 0 Å². The summed E-state index contributed by atoms with van der Waals surface area (Å²) in [6.45, 7) is 12.5. The van der Waals surface area contributed by atoms with Gasteiger partial charge >= 0.3 is 5.97 Å². The van der Waals surface area contributed by atoms with Crippen LogP contribution in [0.1, 0.15) is 96.3 Å². The molecule has 7 atom stereocenters. The van der Waals surface area contributed by atoms with E-state index in [1.165, 1.54) is 36.8 Å². The predicted molar refractivity (Wildman–Crippen MR) is 156 cm³/mol. The Bertz CT molecular complexity index is 1100. The van der Waals surface area contributed by atoms with Gasteiger partial charge in [0.05, 0.1) is 5.56 Å². The third-order valence-electron chi connectivity index (χ3n) is 10.5. The lowest BCUT2D eigenvalue weighted by Crippen LogP contribution is -2.37. The number of carbonyl (C=O) groups excluding carboxylic acids is 1. The number of esters is 1. The van der Waals surface area contributed by atoms with E-state index in [1.54, 1.807) is 5.57 Å². The van der Waals surface area contributed by atoms with Gasteiger partial charge in [-0.15, -0.1) is 0 Å². The summed E-state index contributed by atoms with van der Waals surface area (Å²) >= 11 is 0. The minimum absolute atomic E-state index is 0.118. The van der Waals surface area contributed by atoms with Gasteiger partial charge < -0.3 is 4.74 Å². The number of benzene rings is 1. The van der Waals surface area contributed by atoms with E-state index in [-0.39, 0.29) is 18.2 Å². The maximum atomic E-state index is 12.7. The Morgan fingerprint density at radius 1 is 1.05 bits per heavy atom. The zero-order chi connectivity index (χ0) is 27.6. The van der Waals surface area contributed by atoms with E-state index in [2.05, 4.69) is 52.8 Å². The fourth-order valence-electron chi connectivity index (χ4n) is 7.77. The van der Waals surface area contributed by atoms with E-state index in [1.807, 2.05) is 30.3 Å². The SMILES string of the molecule is CC(C)[C@@H](C)/C=C/[C@@H](C)[C@H]1CC[C@H]2/C(=C/[C@H]3OOCC4=C3C[C@@H](OC(=O)c3ccccc3)CC4)CCC[C@]12C. The summed E-state index contributed by atoms with van der Waals surface area (Å²) in [6, 6.07) is 9.30. The molecule has 1 aliphatic heterocycles. The molecule has 5 rings (SSSR count). The molecule has 4 heteroatoms. The molecule has 0 spiro atoms. The van der Waals surface area contributed by atoms with Gasteiger partial charge in [0, 0.05) is 6.42 Å².